The lowest BCUT2D eigenvalue weighted by molar-refractivity contribution is 0.0666. The maximum atomic E-state index is 14.7. The summed E-state index contributed by atoms with van der Waals surface area (Å²) in [7, 11) is 0. The van der Waals surface area contributed by atoms with Gasteiger partial charge in [-0.2, -0.15) is 0 Å². The van der Waals surface area contributed by atoms with Crippen molar-refractivity contribution in [2.75, 3.05) is 4.90 Å². The molecule has 4 aromatic rings. The van der Waals surface area contributed by atoms with Crippen molar-refractivity contribution in [3.05, 3.63) is 143 Å². The van der Waals surface area contributed by atoms with Gasteiger partial charge in [-0.1, -0.05) is 123 Å². The van der Waals surface area contributed by atoms with E-state index in [4.69, 9.17) is 0 Å². The minimum Gasteiger partial charge on any atom is -0.352 e. The third kappa shape index (κ3) is 3.22. The van der Waals surface area contributed by atoms with Crippen molar-refractivity contribution >= 4 is 29.1 Å². The molecule has 40 heavy (non-hydrogen) atoms. The first kappa shape index (κ1) is 24.5. The summed E-state index contributed by atoms with van der Waals surface area (Å²) in [6.45, 7) is 4.27. The Hall–Kier alpha value is -4.57. The smallest absolute Gasteiger partial charge is 0.185 e. The minimum absolute atomic E-state index is 0.0953. The molecule has 0 radical (unpaired) electrons. The molecule has 4 heteroatoms. The van der Waals surface area contributed by atoms with Gasteiger partial charge in [0.2, 0.25) is 0 Å². The average Bonchev–Trinajstić information content (AvgIpc) is 3.43. The third-order valence-electron chi connectivity index (χ3n) is 9.00. The van der Waals surface area contributed by atoms with Crippen LogP contribution >= 0.6 is 0 Å². The van der Waals surface area contributed by atoms with Gasteiger partial charge in [0.05, 0.1) is 6.04 Å². The molecule has 2 aliphatic heterocycles. The van der Waals surface area contributed by atoms with Crippen LogP contribution < -0.4 is 4.90 Å². The lowest BCUT2D eigenvalue weighted by Gasteiger charge is -2.37. The number of hydrogen-bond donors (Lipinski definition) is 0. The largest absolute Gasteiger partial charge is 0.352 e. The van der Waals surface area contributed by atoms with Gasteiger partial charge in [0, 0.05) is 28.3 Å². The molecule has 0 bridgehead atoms. The summed E-state index contributed by atoms with van der Waals surface area (Å²) in [4.78, 5) is 46.0. The topological polar surface area (TPSA) is 54.5 Å². The summed E-state index contributed by atoms with van der Waals surface area (Å²) >= 11 is 0. The molecule has 4 nitrogen and oxygen atoms in total. The zero-order valence-corrected chi connectivity index (χ0v) is 22.5. The second-order valence-electron chi connectivity index (χ2n) is 11.3. The molecule has 1 fully saturated rings. The molecular formula is C36H29NO3. The van der Waals surface area contributed by atoms with E-state index in [2.05, 4.69) is 30.9 Å². The summed E-state index contributed by atoms with van der Waals surface area (Å²) in [5.74, 6) is -0.855. The molecule has 0 N–H and O–H groups in total. The Morgan fingerprint density at radius 2 is 1.35 bits per heavy atom. The van der Waals surface area contributed by atoms with E-state index in [-0.39, 0.29) is 17.3 Å². The highest BCUT2D eigenvalue weighted by Gasteiger charge is 2.71. The Balaban J connectivity index is 1.54. The fourth-order valence-electron chi connectivity index (χ4n) is 7.15. The Bertz CT molecular complexity index is 1660. The molecule has 0 amide bonds. The number of fused-ring (bicyclic) bond motifs is 5. The van der Waals surface area contributed by atoms with Crippen LogP contribution in [-0.4, -0.2) is 29.4 Å². The van der Waals surface area contributed by atoms with Gasteiger partial charge in [-0.15, -0.1) is 0 Å². The fraction of sp³-hybridized carbons (Fsp3) is 0.194. The summed E-state index contributed by atoms with van der Waals surface area (Å²) in [6.07, 6.45) is 3.97. The van der Waals surface area contributed by atoms with Crippen molar-refractivity contribution in [2.24, 2.45) is 5.41 Å². The van der Waals surface area contributed by atoms with Crippen LogP contribution in [0.2, 0.25) is 0 Å². The van der Waals surface area contributed by atoms with Crippen molar-refractivity contribution in [1.82, 2.24) is 0 Å². The lowest BCUT2D eigenvalue weighted by atomic mass is 9.64. The predicted molar refractivity (Wildman–Crippen MR) is 157 cm³/mol. The normalized spacial score (nSPS) is 22.0. The van der Waals surface area contributed by atoms with Crippen molar-refractivity contribution in [2.45, 2.75) is 37.8 Å². The van der Waals surface area contributed by atoms with E-state index in [9.17, 15) is 14.4 Å². The van der Waals surface area contributed by atoms with E-state index in [0.717, 1.165) is 22.4 Å². The molecule has 1 spiro atoms. The number of benzene rings is 4. The Kier molecular flexibility index (Phi) is 5.50. The van der Waals surface area contributed by atoms with Gasteiger partial charge >= 0.3 is 0 Å². The van der Waals surface area contributed by atoms with Crippen molar-refractivity contribution in [1.29, 1.82) is 0 Å². The molecule has 2 heterocycles. The SMILES string of the molecule is CC(C)c1ccc([C@@H]2[C@H](C(=O)c3ccccc3)N3c4ccccc4C=C[C@@H]3C23C(=O)c2ccccc2C3=O)cc1. The van der Waals surface area contributed by atoms with Gasteiger partial charge in [-0.25, -0.2) is 0 Å². The Morgan fingerprint density at radius 3 is 2.00 bits per heavy atom. The molecular weight excluding hydrogens is 494 g/mol. The standard InChI is InChI=1S/C36H29NO3/c1-22(2)23-16-18-25(19-17-23)31-32(33(38)26-11-4-3-5-12-26)37-29-15-9-6-10-24(29)20-21-30(37)36(31)34(39)27-13-7-8-14-28(27)35(36)40/h3-22,30-32H,1-2H3/t30-,31-,32-/m1/s1. The molecule has 4 aromatic carbocycles. The maximum Gasteiger partial charge on any atom is 0.185 e. The number of carbonyl (C=O) groups excluding carboxylic acids is 3. The number of carbonyl (C=O) groups is 3. The molecule has 1 saturated heterocycles. The quantitative estimate of drug-likeness (QED) is 0.211. The highest BCUT2D eigenvalue weighted by molar-refractivity contribution is 6.32. The van der Waals surface area contributed by atoms with Crippen molar-refractivity contribution in [3.63, 3.8) is 0 Å². The monoisotopic (exact) mass is 523 g/mol. The van der Waals surface area contributed by atoms with Crippen molar-refractivity contribution in [3.8, 4) is 0 Å². The summed E-state index contributed by atoms with van der Waals surface area (Å²) in [5, 5.41) is 0. The molecule has 0 unspecified atom stereocenters. The Morgan fingerprint density at radius 1 is 0.750 bits per heavy atom. The van der Waals surface area contributed by atoms with E-state index >= 15 is 0 Å². The van der Waals surface area contributed by atoms with E-state index < -0.39 is 23.4 Å². The molecule has 0 aromatic heterocycles. The third-order valence-corrected chi connectivity index (χ3v) is 9.00. The van der Waals surface area contributed by atoms with Gasteiger partial charge in [-0.05, 0) is 28.7 Å². The highest BCUT2D eigenvalue weighted by Crippen LogP contribution is 2.61. The van der Waals surface area contributed by atoms with Gasteiger partial charge in [-0.3, -0.25) is 14.4 Å². The van der Waals surface area contributed by atoms with Crippen LogP contribution in [0.4, 0.5) is 5.69 Å². The minimum atomic E-state index is -1.47. The zero-order chi connectivity index (χ0) is 27.6. The highest BCUT2D eigenvalue weighted by atomic mass is 16.2. The van der Waals surface area contributed by atoms with E-state index in [1.54, 1.807) is 24.3 Å². The second kappa shape index (κ2) is 8.99. The number of hydrogen-bond acceptors (Lipinski definition) is 4. The van der Waals surface area contributed by atoms with Gasteiger partial charge in [0.1, 0.15) is 11.5 Å². The van der Waals surface area contributed by atoms with Crippen LogP contribution in [0.25, 0.3) is 6.08 Å². The summed E-state index contributed by atoms with van der Waals surface area (Å²) in [6, 6.07) is 31.1. The fourth-order valence-corrected chi connectivity index (χ4v) is 7.15. The second-order valence-corrected chi connectivity index (χ2v) is 11.3. The number of Topliss-reactive ketones (excluding diaryl/α,β-unsaturated/α-hetero) is 3. The van der Waals surface area contributed by atoms with E-state index in [1.807, 2.05) is 78.9 Å². The van der Waals surface area contributed by atoms with Crippen LogP contribution in [0.5, 0.6) is 0 Å². The molecule has 7 rings (SSSR count). The van der Waals surface area contributed by atoms with Gasteiger partial charge in [0.15, 0.2) is 17.3 Å². The molecule has 3 atom stereocenters. The van der Waals surface area contributed by atoms with Crippen molar-refractivity contribution < 1.29 is 14.4 Å². The summed E-state index contributed by atoms with van der Waals surface area (Å²) < 4.78 is 0. The predicted octanol–water partition coefficient (Wildman–Crippen LogP) is 7.13. The van der Waals surface area contributed by atoms with Gasteiger partial charge < -0.3 is 4.90 Å². The maximum absolute atomic E-state index is 14.7. The first-order valence-electron chi connectivity index (χ1n) is 13.9. The number of rotatable bonds is 4. The number of ketones is 3. The van der Waals surface area contributed by atoms with E-state index in [1.165, 1.54) is 0 Å². The van der Waals surface area contributed by atoms with Crippen LogP contribution in [0.1, 0.15) is 73.4 Å². The lowest BCUT2D eigenvalue weighted by Crippen LogP contribution is -2.48. The van der Waals surface area contributed by atoms with Crippen LogP contribution in [0.3, 0.4) is 0 Å². The van der Waals surface area contributed by atoms with Crippen LogP contribution in [0.15, 0.2) is 109 Å². The first-order valence-corrected chi connectivity index (χ1v) is 13.9. The van der Waals surface area contributed by atoms with E-state index in [0.29, 0.717) is 22.6 Å². The Labute approximate surface area is 234 Å². The number of nitrogens with zero attached hydrogens (tertiary/aromatic N) is 1. The molecule has 1 aliphatic carbocycles. The molecule has 3 aliphatic rings. The molecule has 196 valence electrons. The zero-order valence-electron chi connectivity index (χ0n) is 22.5. The van der Waals surface area contributed by atoms with Gasteiger partial charge in [0.25, 0.3) is 0 Å². The van der Waals surface area contributed by atoms with Crippen LogP contribution in [-0.2, 0) is 0 Å². The molecule has 0 saturated carbocycles. The number of anilines is 1. The average molecular weight is 524 g/mol. The summed E-state index contributed by atoms with van der Waals surface area (Å²) in [5.41, 5.74) is 3.79. The first-order chi connectivity index (χ1) is 19.4. The number of para-hydroxylation sites is 1. The van der Waals surface area contributed by atoms with Crippen LogP contribution in [0, 0.1) is 5.41 Å².